The average Bonchev–Trinajstić information content (AvgIpc) is 2.44. The van der Waals surface area contributed by atoms with Gasteiger partial charge in [0.1, 0.15) is 0 Å². The number of anilines is 1. The Bertz CT molecular complexity index is 443. The van der Waals surface area contributed by atoms with E-state index in [9.17, 15) is 4.79 Å². The maximum absolute atomic E-state index is 12.3. The molecule has 112 valence electrons. The Hall–Kier alpha value is -1.59. The van der Waals surface area contributed by atoms with Crippen molar-refractivity contribution in [3.05, 3.63) is 29.3 Å². The van der Waals surface area contributed by atoms with Crippen molar-refractivity contribution in [1.29, 1.82) is 0 Å². The minimum absolute atomic E-state index is 0.0920. The molecular formula is C15H26N4O. The molecule has 0 fully saturated rings. The van der Waals surface area contributed by atoms with Gasteiger partial charge in [-0.3, -0.25) is 10.6 Å². The molecule has 0 bridgehead atoms. The van der Waals surface area contributed by atoms with Gasteiger partial charge in [-0.25, -0.2) is 0 Å². The van der Waals surface area contributed by atoms with Crippen LogP contribution in [0.15, 0.2) is 18.2 Å². The Morgan fingerprint density at radius 2 is 2.00 bits per heavy atom. The summed E-state index contributed by atoms with van der Waals surface area (Å²) in [6, 6.07) is 5.66. The lowest BCUT2D eigenvalue weighted by atomic mass is 10.1. The lowest BCUT2D eigenvalue weighted by molar-refractivity contribution is 0.0931. The van der Waals surface area contributed by atoms with Gasteiger partial charge in [-0.15, -0.1) is 0 Å². The third-order valence-electron chi connectivity index (χ3n) is 3.38. The highest BCUT2D eigenvalue weighted by Crippen LogP contribution is 2.16. The molecular weight excluding hydrogens is 252 g/mol. The van der Waals surface area contributed by atoms with Gasteiger partial charge >= 0.3 is 0 Å². The van der Waals surface area contributed by atoms with Crippen molar-refractivity contribution >= 4 is 11.6 Å². The first kappa shape index (κ1) is 16.5. The molecule has 0 radical (unpaired) electrons. The van der Waals surface area contributed by atoms with E-state index < -0.39 is 0 Å². The summed E-state index contributed by atoms with van der Waals surface area (Å²) in [6.45, 7) is 11.0. The first-order valence-corrected chi connectivity index (χ1v) is 7.12. The standard InChI is InChI=1S/C15H26N4O/c1-5-19(6-2)10-12(4)17-15(20)13-8-7-11(3)9-14(13)18-16/h7-9,12,18H,5-6,10,16H2,1-4H3,(H,17,20). The fraction of sp³-hybridized carbons (Fsp3) is 0.533. The highest BCUT2D eigenvalue weighted by molar-refractivity contribution is 5.99. The van der Waals surface area contributed by atoms with Gasteiger partial charge in [0.2, 0.25) is 0 Å². The van der Waals surface area contributed by atoms with E-state index in [0.29, 0.717) is 11.3 Å². The van der Waals surface area contributed by atoms with Crippen LogP contribution in [0.2, 0.25) is 0 Å². The number of nitrogens with two attached hydrogens (primary N) is 1. The van der Waals surface area contributed by atoms with E-state index in [0.717, 1.165) is 25.2 Å². The van der Waals surface area contributed by atoms with Crippen molar-refractivity contribution in [2.24, 2.45) is 5.84 Å². The van der Waals surface area contributed by atoms with Crippen molar-refractivity contribution in [2.45, 2.75) is 33.7 Å². The summed E-state index contributed by atoms with van der Waals surface area (Å²) in [4.78, 5) is 14.6. The van der Waals surface area contributed by atoms with Crippen molar-refractivity contribution < 1.29 is 4.79 Å². The van der Waals surface area contributed by atoms with Crippen LogP contribution in [0, 0.1) is 6.92 Å². The monoisotopic (exact) mass is 278 g/mol. The van der Waals surface area contributed by atoms with Gasteiger partial charge in [0.25, 0.3) is 5.91 Å². The van der Waals surface area contributed by atoms with Gasteiger partial charge in [-0.05, 0) is 44.6 Å². The number of aryl methyl sites for hydroxylation is 1. The molecule has 0 spiro atoms. The number of nitrogens with one attached hydrogen (secondary N) is 2. The van der Waals surface area contributed by atoms with Gasteiger partial charge < -0.3 is 15.6 Å². The molecule has 1 aromatic carbocycles. The van der Waals surface area contributed by atoms with Crippen LogP contribution >= 0.6 is 0 Å². The molecule has 5 heteroatoms. The minimum Gasteiger partial charge on any atom is -0.348 e. The zero-order valence-corrected chi connectivity index (χ0v) is 12.9. The number of hydrogen-bond acceptors (Lipinski definition) is 4. The van der Waals surface area contributed by atoms with Crippen molar-refractivity contribution in [3.63, 3.8) is 0 Å². The first-order chi connectivity index (χ1) is 9.51. The molecule has 0 aromatic heterocycles. The van der Waals surface area contributed by atoms with Gasteiger partial charge in [-0.2, -0.15) is 0 Å². The van der Waals surface area contributed by atoms with Crippen LogP contribution < -0.4 is 16.6 Å². The molecule has 4 N–H and O–H groups in total. The van der Waals surface area contributed by atoms with E-state index in [1.54, 1.807) is 6.07 Å². The second kappa shape index (κ2) is 7.87. The molecule has 1 amide bonds. The summed E-state index contributed by atoms with van der Waals surface area (Å²) in [6.07, 6.45) is 0. The maximum atomic E-state index is 12.3. The number of nitrogen functional groups attached to an aromatic ring is 1. The van der Waals surface area contributed by atoms with Crippen molar-refractivity contribution in [1.82, 2.24) is 10.2 Å². The fourth-order valence-corrected chi connectivity index (χ4v) is 2.19. The fourth-order valence-electron chi connectivity index (χ4n) is 2.19. The lowest BCUT2D eigenvalue weighted by Crippen LogP contribution is -2.42. The number of likely N-dealkylation sites (N-methyl/N-ethyl adjacent to an activating group) is 1. The third kappa shape index (κ3) is 4.51. The maximum Gasteiger partial charge on any atom is 0.253 e. The molecule has 1 unspecified atom stereocenters. The summed E-state index contributed by atoms with van der Waals surface area (Å²) in [7, 11) is 0. The van der Waals surface area contributed by atoms with E-state index in [1.807, 2.05) is 26.0 Å². The predicted octanol–water partition coefficient (Wildman–Crippen LogP) is 1.74. The molecule has 0 aliphatic rings. The molecule has 20 heavy (non-hydrogen) atoms. The van der Waals surface area contributed by atoms with Crippen LogP contribution in [-0.4, -0.2) is 36.5 Å². The SMILES string of the molecule is CCN(CC)CC(C)NC(=O)c1ccc(C)cc1NN. The number of carbonyl (C=O) groups excluding carboxylic acids is 1. The zero-order valence-electron chi connectivity index (χ0n) is 12.9. The van der Waals surface area contributed by atoms with Gasteiger partial charge in [0.15, 0.2) is 0 Å². The largest absolute Gasteiger partial charge is 0.348 e. The van der Waals surface area contributed by atoms with Crippen LogP contribution in [0.3, 0.4) is 0 Å². The summed E-state index contributed by atoms with van der Waals surface area (Å²) in [5.74, 6) is 5.37. The number of amides is 1. The molecule has 0 aliphatic heterocycles. The first-order valence-electron chi connectivity index (χ1n) is 7.12. The lowest BCUT2D eigenvalue weighted by Gasteiger charge is -2.23. The molecule has 0 saturated carbocycles. The van der Waals surface area contributed by atoms with E-state index in [-0.39, 0.29) is 11.9 Å². The quantitative estimate of drug-likeness (QED) is 0.525. The van der Waals surface area contributed by atoms with E-state index in [1.165, 1.54) is 0 Å². The third-order valence-corrected chi connectivity index (χ3v) is 3.38. The molecule has 1 rings (SSSR count). The summed E-state index contributed by atoms with van der Waals surface area (Å²) in [5.41, 5.74) is 4.87. The number of hydrogen-bond donors (Lipinski definition) is 3. The van der Waals surface area contributed by atoms with Crippen molar-refractivity contribution in [3.8, 4) is 0 Å². The molecule has 0 aliphatic carbocycles. The summed E-state index contributed by atoms with van der Waals surface area (Å²) >= 11 is 0. The Kier molecular flexibility index (Phi) is 6.48. The number of hydrazine groups is 1. The Labute approximate surface area is 121 Å². The van der Waals surface area contributed by atoms with E-state index in [4.69, 9.17) is 5.84 Å². The number of benzene rings is 1. The second-order valence-electron chi connectivity index (χ2n) is 5.05. The van der Waals surface area contributed by atoms with Crippen LogP contribution in [0.4, 0.5) is 5.69 Å². The van der Waals surface area contributed by atoms with Crippen molar-refractivity contribution in [2.75, 3.05) is 25.1 Å². The topological polar surface area (TPSA) is 70.4 Å². The van der Waals surface area contributed by atoms with Crippen LogP contribution in [0.25, 0.3) is 0 Å². The van der Waals surface area contributed by atoms with Gasteiger partial charge in [0, 0.05) is 12.6 Å². The van der Waals surface area contributed by atoms with Gasteiger partial charge in [-0.1, -0.05) is 19.9 Å². The molecule has 0 heterocycles. The highest BCUT2D eigenvalue weighted by Gasteiger charge is 2.15. The normalized spacial score (nSPS) is 12.3. The van der Waals surface area contributed by atoms with E-state index in [2.05, 4.69) is 29.5 Å². The van der Waals surface area contributed by atoms with E-state index >= 15 is 0 Å². The minimum atomic E-state index is -0.0994. The molecule has 1 aromatic rings. The average molecular weight is 278 g/mol. The smallest absolute Gasteiger partial charge is 0.253 e. The number of nitrogens with zero attached hydrogens (tertiary/aromatic N) is 1. The summed E-state index contributed by atoms with van der Waals surface area (Å²) < 4.78 is 0. The Morgan fingerprint density at radius 3 is 2.55 bits per heavy atom. The highest BCUT2D eigenvalue weighted by atomic mass is 16.1. The van der Waals surface area contributed by atoms with Crippen LogP contribution in [0.1, 0.15) is 36.7 Å². The van der Waals surface area contributed by atoms with Gasteiger partial charge in [0.05, 0.1) is 11.3 Å². The summed E-state index contributed by atoms with van der Waals surface area (Å²) in [5, 5.41) is 3.01. The van der Waals surface area contributed by atoms with Crippen LogP contribution in [0.5, 0.6) is 0 Å². The number of carbonyl (C=O) groups is 1. The molecule has 0 saturated heterocycles. The zero-order chi connectivity index (χ0) is 15.1. The predicted molar refractivity (Wildman–Crippen MR) is 83.7 cm³/mol. The second-order valence-corrected chi connectivity index (χ2v) is 5.05. The Balaban J connectivity index is 2.71. The number of rotatable bonds is 7. The molecule has 5 nitrogen and oxygen atoms in total. The molecule has 1 atom stereocenters. The van der Waals surface area contributed by atoms with Crippen LogP contribution in [-0.2, 0) is 0 Å². The Morgan fingerprint density at radius 1 is 1.35 bits per heavy atom.